The van der Waals surface area contributed by atoms with Gasteiger partial charge in [-0.25, -0.2) is 4.98 Å². The van der Waals surface area contributed by atoms with Crippen LogP contribution in [-0.2, 0) is 34.7 Å². The Morgan fingerprint density at radius 2 is 2.00 bits per heavy atom. The molecule has 2 aliphatic rings. The first-order valence-electron chi connectivity index (χ1n) is 10.2. The first kappa shape index (κ1) is 19.7. The molecule has 5 rings (SSSR count). The third-order valence-electron chi connectivity index (χ3n) is 5.67. The molecule has 0 unspecified atom stereocenters. The number of nitrogens with one attached hydrogen (secondary N) is 1. The number of imidazole rings is 1. The fourth-order valence-corrected chi connectivity index (χ4v) is 5.06. The molecule has 0 radical (unpaired) electrons. The second-order valence-electron chi connectivity index (χ2n) is 8.07. The Morgan fingerprint density at radius 1 is 1.23 bits per heavy atom. The zero-order valence-electron chi connectivity index (χ0n) is 17.1. The van der Waals surface area contributed by atoms with Gasteiger partial charge in [0.05, 0.1) is 18.2 Å². The molecule has 0 spiro atoms. The van der Waals surface area contributed by atoms with E-state index in [1.165, 1.54) is 17.1 Å². The summed E-state index contributed by atoms with van der Waals surface area (Å²) < 4.78 is 29.2. The van der Waals surface area contributed by atoms with E-state index in [4.69, 9.17) is 4.98 Å². The summed E-state index contributed by atoms with van der Waals surface area (Å²) in [5.74, 6) is 0.479. The maximum atomic E-state index is 12.6. The number of fused-ring (bicyclic) bond motifs is 1. The number of rotatable bonds is 7. The summed E-state index contributed by atoms with van der Waals surface area (Å²) in [6.45, 7) is 0. The highest BCUT2D eigenvalue weighted by Crippen LogP contribution is 2.34. The van der Waals surface area contributed by atoms with Gasteiger partial charge in [0.1, 0.15) is 5.78 Å². The number of allylic oxidation sites excluding steroid dienone is 1. The highest BCUT2D eigenvalue weighted by atomic mass is 32.2. The zero-order chi connectivity index (χ0) is 21.6. The number of aryl methyl sites for hydroxylation is 1. The highest BCUT2D eigenvalue weighted by molar-refractivity contribution is 7.92. The molecular formula is C23H22N4O3S. The number of benzene rings is 1. The standard InChI is InChI=1S/C23H22N4O3S/c1-27-14-24-13-23(27)31(29,30)26-17-9-7-15(8-10-17)20-11-18(12-22(28)16-5-6-16)25-21-4-2-3-19(20)21/h2-3,7-11,13-14,16,26H,4-6,12H2,1H3. The first-order valence-corrected chi connectivity index (χ1v) is 11.7. The van der Waals surface area contributed by atoms with Crippen LogP contribution in [0.5, 0.6) is 0 Å². The van der Waals surface area contributed by atoms with Gasteiger partial charge in [-0.1, -0.05) is 24.3 Å². The highest BCUT2D eigenvalue weighted by Gasteiger charge is 2.30. The van der Waals surface area contributed by atoms with Crippen LogP contribution in [0.15, 0.2) is 54.0 Å². The Morgan fingerprint density at radius 3 is 2.68 bits per heavy atom. The fourth-order valence-electron chi connectivity index (χ4n) is 3.88. The summed E-state index contributed by atoms with van der Waals surface area (Å²) in [5, 5.41) is 0.0960. The number of hydrogen-bond acceptors (Lipinski definition) is 5. The van der Waals surface area contributed by atoms with Crippen molar-refractivity contribution < 1.29 is 13.2 Å². The molecule has 2 aromatic heterocycles. The largest absolute Gasteiger partial charge is 0.323 e. The monoisotopic (exact) mass is 434 g/mol. The molecule has 158 valence electrons. The lowest BCUT2D eigenvalue weighted by Gasteiger charge is -2.12. The van der Waals surface area contributed by atoms with Gasteiger partial charge in [-0.2, -0.15) is 8.42 Å². The molecule has 0 aliphatic heterocycles. The Balaban J connectivity index is 1.43. The van der Waals surface area contributed by atoms with Crippen molar-refractivity contribution in [2.24, 2.45) is 13.0 Å². The third-order valence-corrected chi connectivity index (χ3v) is 7.12. The minimum Gasteiger partial charge on any atom is -0.323 e. The molecule has 2 aliphatic carbocycles. The van der Waals surface area contributed by atoms with Crippen LogP contribution in [0.3, 0.4) is 0 Å². The molecular weight excluding hydrogens is 412 g/mol. The van der Waals surface area contributed by atoms with Crippen LogP contribution < -0.4 is 4.72 Å². The number of anilines is 1. The molecule has 1 aromatic carbocycles. The second kappa shape index (κ2) is 7.46. The fraction of sp³-hybridized carbons (Fsp3) is 0.261. The quantitative estimate of drug-likeness (QED) is 0.615. The number of sulfonamides is 1. The number of Topliss-reactive ketones (excluding diaryl/α,β-unsaturated/α-hetero) is 1. The van der Waals surface area contributed by atoms with E-state index in [1.54, 1.807) is 19.2 Å². The Bertz CT molecular complexity index is 1300. The second-order valence-corrected chi connectivity index (χ2v) is 9.70. The SMILES string of the molecule is Cn1cncc1S(=O)(=O)Nc1ccc(-c2cc(CC(=O)C3CC3)nc3c2C=CC3)cc1. The van der Waals surface area contributed by atoms with Crippen LogP contribution >= 0.6 is 0 Å². The third kappa shape index (κ3) is 3.90. The number of pyridine rings is 1. The van der Waals surface area contributed by atoms with Crippen molar-refractivity contribution in [1.29, 1.82) is 0 Å². The zero-order valence-corrected chi connectivity index (χ0v) is 17.9. The van der Waals surface area contributed by atoms with Gasteiger partial charge in [0.25, 0.3) is 10.0 Å². The Labute approximate surface area is 180 Å². The van der Waals surface area contributed by atoms with Crippen molar-refractivity contribution in [1.82, 2.24) is 14.5 Å². The molecule has 0 amide bonds. The summed E-state index contributed by atoms with van der Waals surface area (Å²) in [5.41, 5.74) is 5.28. The molecule has 31 heavy (non-hydrogen) atoms. The molecule has 0 atom stereocenters. The average Bonchev–Trinajstić information content (AvgIpc) is 3.33. The normalized spacial score (nSPS) is 15.1. The lowest BCUT2D eigenvalue weighted by Crippen LogP contribution is -2.15. The van der Waals surface area contributed by atoms with E-state index in [-0.39, 0.29) is 16.7 Å². The van der Waals surface area contributed by atoms with E-state index < -0.39 is 10.0 Å². The van der Waals surface area contributed by atoms with Crippen molar-refractivity contribution in [3.63, 3.8) is 0 Å². The molecule has 0 saturated heterocycles. The van der Waals surface area contributed by atoms with E-state index in [2.05, 4.69) is 21.9 Å². The van der Waals surface area contributed by atoms with Gasteiger partial charge in [-0.05, 0) is 42.2 Å². The predicted molar refractivity (Wildman–Crippen MR) is 118 cm³/mol. The molecule has 1 saturated carbocycles. The van der Waals surface area contributed by atoms with Gasteiger partial charge in [0.15, 0.2) is 5.03 Å². The van der Waals surface area contributed by atoms with Gasteiger partial charge < -0.3 is 4.57 Å². The van der Waals surface area contributed by atoms with Crippen LogP contribution in [0.1, 0.15) is 29.8 Å². The van der Waals surface area contributed by atoms with Crippen molar-refractivity contribution in [3.05, 3.63) is 65.9 Å². The van der Waals surface area contributed by atoms with Gasteiger partial charge in [0.2, 0.25) is 0 Å². The number of carbonyl (C=O) groups is 1. The van der Waals surface area contributed by atoms with Gasteiger partial charge >= 0.3 is 0 Å². The van der Waals surface area contributed by atoms with Crippen LogP contribution in [0.2, 0.25) is 0 Å². The smallest absolute Gasteiger partial charge is 0.279 e. The molecule has 1 fully saturated rings. The molecule has 2 heterocycles. The van der Waals surface area contributed by atoms with E-state index in [0.717, 1.165) is 47.3 Å². The lowest BCUT2D eigenvalue weighted by molar-refractivity contribution is -0.119. The summed E-state index contributed by atoms with van der Waals surface area (Å²) in [6.07, 6.45) is 10.0. The first-order chi connectivity index (χ1) is 14.9. The van der Waals surface area contributed by atoms with Crippen LogP contribution in [0.4, 0.5) is 5.69 Å². The number of nitrogens with zero attached hydrogens (tertiary/aromatic N) is 3. The summed E-state index contributed by atoms with van der Waals surface area (Å²) >= 11 is 0. The van der Waals surface area contributed by atoms with E-state index >= 15 is 0 Å². The van der Waals surface area contributed by atoms with Crippen molar-refractivity contribution in [2.45, 2.75) is 30.7 Å². The number of aromatic nitrogens is 3. The lowest BCUT2D eigenvalue weighted by atomic mass is 9.97. The molecule has 3 aromatic rings. The molecule has 7 nitrogen and oxygen atoms in total. The Hall–Kier alpha value is -3.26. The average molecular weight is 435 g/mol. The van der Waals surface area contributed by atoms with E-state index in [0.29, 0.717) is 12.1 Å². The van der Waals surface area contributed by atoms with Gasteiger partial charge in [-0.3, -0.25) is 14.5 Å². The minimum absolute atomic E-state index is 0.0960. The van der Waals surface area contributed by atoms with E-state index in [9.17, 15) is 13.2 Å². The summed E-state index contributed by atoms with van der Waals surface area (Å²) in [4.78, 5) is 20.9. The van der Waals surface area contributed by atoms with E-state index in [1.807, 2.05) is 18.2 Å². The maximum Gasteiger partial charge on any atom is 0.279 e. The van der Waals surface area contributed by atoms with Crippen molar-refractivity contribution in [3.8, 4) is 11.1 Å². The molecule has 8 heteroatoms. The summed E-state index contributed by atoms with van der Waals surface area (Å²) in [7, 11) is -2.09. The van der Waals surface area contributed by atoms with Crippen LogP contribution in [0.25, 0.3) is 17.2 Å². The predicted octanol–water partition coefficient (Wildman–Crippen LogP) is 3.37. The van der Waals surface area contributed by atoms with Crippen LogP contribution in [-0.4, -0.2) is 28.7 Å². The van der Waals surface area contributed by atoms with Crippen molar-refractivity contribution in [2.75, 3.05) is 4.72 Å². The number of hydrogen-bond donors (Lipinski definition) is 1. The minimum atomic E-state index is -3.72. The molecule has 0 bridgehead atoms. The topological polar surface area (TPSA) is 94.0 Å². The summed E-state index contributed by atoms with van der Waals surface area (Å²) in [6, 6.07) is 9.24. The van der Waals surface area contributed by atoms with Gasteiger partial charge in [0, 0.05) is 42.8 Å². The van der Waals surface area contributed by atoms with Crippen molar-refractivity contribution >= 4 is 27.6 Å². The number of carbonyl (C=O) groups excluding carboxylic acids is 1. The van der Waals surface area contributed by atoms with Gasteiger partial charge in [-0.15, -0.1) is 0 Å². The number of ketones is 1. The van der Waals surface area contributed by atoms with Crippen LogP contribution in [0, 0.1) is 5.92 Å². The molecule has 1 N–H and O–H groups in total. The maximum absolute atomic E-state index is 12.6. The Kier molecular flexibility index (Phi) is 4.74.